The van der Waals surface area contributed by atoms with Gasteiger partial charge in [0.2, 0.25) is 0 Å². The van der Waals surface area contributed by atoms with E-state index >= 15 is 0 Å². The van der Waals surface area contributed by atoms with Gasteiger partial charge in [-0.15, -0.1) is 0 Å². The van der Waals surface area contributed by atoms with Gasteiger partial charge in [-0.25, -0.2) is 0 Å². The van der Waals surface area contributed by atoms with Gasteiger partial charge in [0.1, 0.15) is 0 Å². The molecule has 2 heteroatoms. The van der Waals surface area contributed by atoms with Crippen LogP contribution in [0.5, 0.6) is 0 Å². The van der Waals surface area contributed by atoms with Gasteiger partial charge in [0, 0.05) is 5.41 Å². The topological polar surface area (TPSA) is 40.5 Å². The summed E-state index contributed by atoms with van der Waals surface area (Å²) in [6.07, 6.45) is 5.99. The first-order valence-corrected chi connectivity index (χ1v) is 6.58. The first-order chi connectivity index (χ1) is 8.30. The zero-order valence-corrected chi connectivity index (χ0v) is 10.3. The van der Waals surface area contributed by atoms with Crippen LogP contribution in [0, 0.1) is 5.92 Å². The SMILES string of the molecule is OCC(CO)(CC1CCCC1)c1ccccc1. The van der Waals surface area contributed by atoms with Gasteiger partial charge in [-0.1, -0.05) is 56.0 Å². The van der Waals surface area contributed by atoms with Gasteiger partial charge in [0.15, 0.2) is 0 Å². The zero-order valence-electron chi connectivity index (χ0n) is 10.3. The molecule has 2 N–H and O–H groups in total. The largest absolute Gasteiger partial charge is 0.395 e. The molecule has 2 rings (SSSR count). The highest BCUT2D eigenvalue weighted by molar-refractivity contribution is 5.26. The van der Waals surface area contributed by atoms with Crippen molar-refractivity contribution in [2.45, 2.75) is 37.5 Å². The summed E-state index contributed by atoms with van der Waals surface area (Å²) in [5.74, 6) is 0.662. The quantitative estimate of drug-likeness (QED) is 0.821. The highest BCUT2D eigenvalue weighted by Crippen LogP contribution is 2.37. The fraction of sp³-hybridized carbons (Fsp3) is 0.600. The maximum atomic E-state index is 9.73. The normalized spacial score (nSPS) is 17.5. The molecular weight excluding hydrogens is 212 g/mol. The lowest BCUT2D eigenvalue weighted by atomic mass is 9.74. The third kappa shape index (κ3) is 2.70. The van der Waals surface area contributed by atoms with Crippen LogP contribution in [-0.2, 0) is 5.41 Å². The molecule has 1 fully saturated rings. The van der Waals surface area contributed by atoms with Gasteiger partial charge in [-0.3, -0.25) is 0 Å². The average molecular weight is 234 g/mol. The molecule has 2 nitrogen and oxygen atoms in total. The second-order valence-corrected chi connectivity index (χ2v) is 5.32. The number of hydrogen-bond donors (Lipinski definition) is 2. The van der Waals surface area contributed by atoms with Crippen LogP contribution in [0.25, 0.3) is 0 Å². The molecule has 1 aromatic rings. The van der Waals surface area contributed by atoms with E-state index in [4.69, 9.17) is 0 Å². The molecule has 0 saturated heterocycles. The molecule has 94 valence electrons. The molecule has 1 aliphatic carbocycles. The minimum absolute atomic E-state index is 0.0318. The van der Waals surface area contributed by atoms with Gasteiger partial charge in [-0.05, 0) is 17.9 Å². The van der Waals surface area contributed by atoms with Crippen molar-refractivity contribution < 1.29 is 10.2 Å². The van der Waals surface area contributed by atoms with Gasteiger partial charge in [0.25, 0.3) is 0 Å². The summed E-state index contributed by atoms with van der Waals surface area (Å²) in [4.78, 5) is 0. The van der Waals surface area contributed by atoms with Crippen molar-refractivity contribution in [1.29, 1.82) is 0 Å². The highest BCUT2D eigenvalue weighted by atomic mass is 16.3. The molecule has 1 saturated carbocycles. The fourth-order valence-electron chi connectivity index (χ4n) is 3.04. The van der Waals surface area contributed by atoms with Crippen LogP contribution < -0.4 is 0 Å². The zero-order chi connectivity index (χ0) is 12.1. The summed E-state index contributed by atoms with van der Waals surface area (Å²) in [6, 6.07) is 9.95. The molecule has 0 radical (unpaired) electrons. The maximum absolute atomic E-state index is 9.73. The molecule has 0 heterocycles. The standard InChI is InChI=1S/C15H22O2/c16-11-15(12-17,10-13-6-4-5-7-13)14-8-2-1-3-9-14/h1-3,8-9,13,16-17H,4-7,10-12H2. The van der Waals surface area contributed by atoms with Crippen molar-refractivity contribution >= 4 is 0 Å². The highest BCUT2D eigenvalue weighted by Gasteiger charge is 2.34. The Labute approximate surface area is 103 Å². The van der Waals surface area contributed by atoms with E-state index in [1.807, 2.05) is 30.3 Å². The molecule has 1 aliphatic rings. The van der Waals surface area contributed by atoms with Crippen molar-refractivity contribution in [2.75, 3.05) is 13.2 Å². The smallest absolute Gasteiger partial charge is 0.0550 e. The van der Waals surface area contributed by atoms with E-state index in [0.29, 0.717) is 5.92 Å². The van der Waals surface area contributed by atoms with Crippen LogP contribution in [0.4, 0.5) is 0 Å². The van der Waals surface area contributed by atoms with E-state index < -0.39 is 5.41 Å². The summed E-state index contributed by atoms with van der Waals surface area (Å²) >= 11 is 0. The lowest BCUT2D eigenvalue weighted by Crippen LogP contribution is -2.36. The summed E-state index contributed by atoms with van der Waals surface area (Å²) in [6.45, 7) is 0.0635. The molecular formula is C15H22O2. The van der Waals surface area contributed by atoms with Gasteiger partial charge in [-0.2, -0.15) is 0 Å². The van der Waals surface area contributed by atoms with E-state index in [9.17, 15) is 10.2 Å². The van der Waals surface area contributed by atoms with Crippen LogP contribution in [-0.4, -0.2) is 23.4 Å². The van der Waals surface area contributed by atoms with E-state index in [0.717, 1.165) is 12.0 Å². The van der Waals surface area contributed by atoms with E-state index in [1.54, 1.807) is 0 Å². The van der Waals surface area contributed by atoms with Crippen molar-refractivity contribution in [3.05, 3.63) is 35.9 Å². The lowest BCUT2D eigenvalue weighted by Gasteiger charge is -2.33. The number of rotatable bonds is 5. The maximum Gasteiger partial charge on any atom is 0.0550 e. The van der Waals surface area contributed by atoms with E-state index in [-0.39, 0.29) is 13.2 Å². The first kappa shape index (κ1) is 12.6. The Kier molecular flexibility index (Phi) is 4.19. The van der Waals surface area contributed by atoms with Crippen molar-refractivity contribution in [1.82, 2.24) is 0 Å². The Morgan fingerprint density at radius 3 is 2.12 bits per heavy atom. The second-order valence-electron chi connectivity index (χ2n) is 5.32. The Morgan fingerprint density at radius 1 is 1.00 bits per heavy atom. The predicted molar refractivity (Wildman–Crippen MR) is 68.9 cm³/mol. The number of aliphatic hydroxyl groups is 2. The minimum Gasteiger partial charge on any atom is -0.395 e. The third-order valence-electron chi connectivity index (χ3n) is 4.15. The molecule has 0 spiro atoms. The first-order valence-electron chi connectivity index (χ1n) is 6.58. The molecule has 0 aliphatic heterocycles. The number of aliphatic hydroxyl groups excluding tert-OH is 2. The molecule has 1 aromatic carbocycles. The van der Waals surface area contributed by atoms with Gasteiger partial charge < -0.3 is 10.2 Å². The van der Waals surface area contributed by atoms with Crippen LogP contribution in [0.15, 0.2) is 30.3 Å². The monoisotopic (exact) mass is 234 g/mol. The van der Waals surface area contributed by atoms with E-state index in [1.165, 1.54) is 25.7 Å². The van der Waals surface area contributed by atoms with Crippen molar-refractivity contribution in [3.8, 4) is 0 Å². The molecule has 0 unspecified atom stereocenters. The van der Waals surface area contributed by atoms with Gasteiger partial charge in [0.05, 0.1) is 13.2 Å². The molecule has 17 heavy (non-hydrogen) atoms. The Bertz CT molecular complexity index is 324. The van der Waals surface area contributed by atoms with Crippen LogP contribution in [0.2, 0.25) is 0 Å². The Morgan fingerprint density at radius 2 is 1.59 bits per heavy atom. The van der Waals surface area contributed by atoms with Crippen LogP contribution in [0.1, 0.15) is 37.7 Å². The van der Waals surface area contributed by atoms with Crippen LogP contribution in [0.3, 0.4) is 0 Å². The molecule has 0 aromatic heterocycles. The third-order valence-corrected chi connectivity index (χ3v) is 4.15. The van der Waals surface area contributed by atoms with Crippen LogP contribution >= 0.6 is 0 Å². The van der Waals surface area contributed by atoms with E-state index in [2.05, 4.69) is 0 Å². The van der Waals surface area contributed by atoms with Gasteiger partial charge >= 0.3 is 0 Å². The summed E-state index contributed by atoms with van der Waals surface area (Å²) in [7, 11) is 0. The fourth-order valence-corrected chi connectivity index (χ4v) is 3.04. The summed E-state index contributed by atoms with van der Waals surface area (Å²) in [5.41, 5.74) is 0.618. The molecule has 0 amide bonds. The lowest BCUT2D eigenvalue weighted by molar-refractivity contribution is 0.0955. The minimum atomic E-state index is -0.448. The van der Waals surface area contributed by atoms with Crippen molar-refractivity contribution in [3.63, 3.8) is 0 Å². The summed E-state index contributed by atoms with van der Waals surface area (Å²) < 4.78 is 0. The average Bonchev–Trinajstić information content (AvgIpc) is 2.90. The number of benzene rings is 1. The Hall–Kier alpha value is -0.860. The van der Waals surface area contributed by atoms with Crippen molar-refractivity contribution in [2.24, 2.45) is 5.92 Å². The molecule has 0 bridgehead atoms. The summed E-state index contributed by atoms with van der Waals surface area (Å²) in [5, 5.41) is 19.5. The predicted octanol–water partition coefficient (Wildman–Crippen LogP) is 2.49. The second kappa shape index (κ2) is 5.65. The Balaban J connectivity index is 2.19. The number of hydrogen-bond acceptors (Lipinski definition) is 2. The molecule has 0 atom stereocenters.